The second kappa shape index (κ2) is 5.87. The van der Waals surface area contributed by atoms with Gasteiger partial charge in [0.05, 0.1) is 7.11 Å². The monoisotopic (exact) mass is 254 g/mol. The van der Waals surface area contributed by atoms with E-state index in [2.05, 4.69) is 0 Å². The average Bonchev–Trinajstić information content (AvgIpc) is 2.47. The number of aromatic hydroxyl groups is 1. The number of ketones is 1. The standard InChI is InChI=1S/C16H14O3/c1-19-15-9-5-8-13(16(15)18)10-11-14(17)12-6-3-2-4-7-12/h2-11,18H,1H3/b11-10+. The molecule has 0 aliphatic carbocycles. The van der Waals surface area contributed by atoms with Crippen LogP contribution in [-0.2, 0) is 0 Å². The Bertz CT molecular complexity index is 601. The van der Waals surface area contributed by atoms with Gasteiger partial charge in [0.2, 0.25) is 0 Å². The Morgan fingerprint density at radius 1 is 1.11 bits per heavy atom. The third kappa shape index (κ3) is 3.01. The summed E-state index contributed by atoms with van der Waals surface area (Å²) in [5, 5.41) is 9.88. The number of hydrogen-bond donors (Lipinski definition) is 1. The van der Waals surface area contributed by atoms with E-state index >= 15 is 0 Å². The summed E-state index contributed by atoms with van der Waals surface area (Å²) in [5.41, 5.74) is 1.16. The van der Waals surface area contributed by atoms with Gasteiger partial charge in [0.25, 0.3) is 0 Å². The van der Waals surface area contributed by atoms with Gasteiger partial charge in [-0.15, -0.1) is 0 Å². The maximum atomic E-state index is 11.9. The number of allylic oxidation sites excluding steroid dienone is 1. The number of phenolic OH excluding ortho intramolecular Hbond substituents is 1. The SMILES string of the molecule is COc1cccc(/C=C/C(=O)c2ccccc2)c1O. The van der Waals surface area contributed by atoms with Gasteiger partial charge in [-0.3, -0.25) is 4.79 Å². The first-order chi connectivity index (χ1) is 9.22. The molecule has 0 saturated heterocycles. The molecule has 0 aromatic heterocycles. The fourth-order valence-electron chi connectivity index (χ4n) is 1.70. The van der Waals surface area contributed by atoms with E-state index in [9.17, 15) is 9.90 Å². The van der Waals surface area contributed by atoms with Crippen molar-refractivity contribution < 1.29 is 14.6 Å². The normalized spacial score (nSPS) is 10.6. The molecule has 2 rings (SSSR count). The Morgan fingerprint density at radius 3 is 2.53 bits per heavy atom. The van der Waals surface area contributed by atoms with Crippen molar-refractivity contribution >= 4 is 11.9 Å². The highest BCUT2D eigenvalue weighted by atomic mass is 16.5. The minimum atomic E-state index is -0.109. The van der Waals surface area contributed by atoms with Crippen LogP contribution < -0.4 is 4.74 Å². The molecule has 0 saturated carbocycles. The predicted molar refractivity (Wildman–Crippen MR) is 74.5 cm³/mol. The fraction of sp³-hybridized carbons (Fsp3) is 0.0625. The molecule has 0 radical (unpaired) electrons. The number of benzene rings is 2. The van der Waals surface area contributed by atoms with Gasteiger partial charge in [-0.05, 0) is 18.2 Å². The molecule has 3 nitrogen and oxygen atoms in total. The van der Waals surface area contributed by atoms with Crippen LogP contribution in [0, 0.1) is 0 Å². The molecular weight excluding hydrogens is 240 g/mol. The molecule has 1 N–H and O–H groups in total. The second-order valence-electron chi connectivity index (χ2n) is 3.96. The Hall–Kier alpha value is -2.55. The quantitative estimate of drug-likeness (QED) is 0.672. The second-order valence-corrected chi connectivity index (χ2v) is 3.96. The lowest BCUT2D eigenvalue weighted by molar-refractivity contribution is 0.104. The van der Waals surface area contributed by atoms with Gasteiger partial charge >= 0.3 is 0 Å². The molecule has 0 fully saturated rings. The molecule has 2 aromatic carbocycles. The molecule has 0 unspecified atom stereocenters. The largest absolute Gasteiger partial charge is 0.504 e. The van der Waals surface area contributed by atoms with Crippen molar-refractivity contribution in [2.75, 3.05) is 7.11 Å². The first-order valence-corrected chi connectivity index (χ1v) is 5.86. The third-order valence-corrected chi connectivity index (χ3v) is 2.72. The fourth-order valence-corrected chi connectivity index (χ4v) is 1.70. The van der Waals surface area contributed by atoms with Crippen molar-refractivity contribution in [2.24, 2.45) is 0 Å². The number of phenols is 1. The van der Waals surface area contributed by atoms with E-state index in [1.807, 2.05) is 18.2 Å². The van der Waals surface area contributed by atoms with Crippen LogP contribution in [0.25, 0.3) is 6.08 Å². The maximum absolute atomic E-state index is 11.9. The summed E-state index contributed by atoms with van der Waals surface area (Å²) >= 11 is 0. The lowest BCUT2D eigenvalue weighted by Crippen LogP contribution is -1.93. The summed E-state index contributed by atoms with van der Waals surface area (Å²) in [6.45, 7) is 0. The zero-order valence-electron chi connectivity index (χ0n) is 10.5. The lowest BCUT2D eigenvalue weighted by Gasteiger charge is -2.05. The molecule has 0 spiro atoms. The number of methoxy groups -OCH3 is 1. The molecule has 0 aliphatic rings. The molecule has 0 bridgehead atoms. The Kier molecular flexibility index (Phi) is 3.98. The van der Waals surface area contributed by atoms with E-state index in [0.29, 0.717) is 16.9 Å². The van der Waals surface area contributed by atoms with E-state index in [-0.39, 0.29) is 11.5 Å². The molecule has 0 aliphatic heterocycles. The number of para-hydroxylation sites is 1. The van der Waals surface area contributed by atoms with Crippen LogP contribution in [0.3, 0.4) is 0 Å². The van der Waals surface area contributed by atoms with Gasteiger partial charge in [0, 0.05) is 11.1 Å². The summed E-state index contributed by atoms with van der Waals surface area (Å²) in [5.74, 6) is 0.305. The first-order valence-electron chi connectivity index (χ1n) is 5.86. The highest BCUT2D eigenvalue weighted by molar-refractivity contribution is 6.06. The topological polar surface area (TPSA) is 46.5 Å². The van der Waals surface area contributed by atoms with Gasteiger partial charge in [-0.1, -0.05) is 42.5 Å². The van der Waals surface area contributed by atoms with Crippen LogP contribution >= 0.6 is 0 Å². The van der Waals surface area contributed by atoms with Gasteiger partial charge < -0.3 is 9.84 Å². The summed E-state index contributed by atoms with van der Waals surface area (Å²) < 4.78 is 5.01. The highest BCUT2D eigenvalue weighted by Gasteiger charge is 2.05. The van der Waals surface area contributed by atoms with E-state index < -0.39 is 0 Å². The van der Waals surface area contributed by atoms with Crippen LogP contribution in [0.15, 0.2) is 54.6 Å². The first kappa shape index (κ1) is 12.9. The average molecular weight is 254 g/mol. The van der Waals surface area contributed by atoms with Crippen LogP contribution in [0.5, 0.6) is 11.5 Å². The Labute approximate surface area is 111 Å². The summed E-state index contributed by atoms with van der Waals surface area (Å²) in [6.07, 6.45) is 3.01. The smallest absolute Gasteiger partial charge is 0.185 e. The molecular formula is C16H14O3. The number of carbonyl (C=O) groups is 1. The Morgan fingerprint density at radius 2 is 1.84 bits per heavy atom. The predicted octanol–water partition coefficient (Wildman–Crippen LogP) is 3.30. The van der Waals surface area contributed by atoms with Gasteiger partial charge in [-0.25, -0.2) is 0 Å². The van der Waals surface area contributed by atoms with Crippen molar-refractivity contribution in [1.82, 2.24) is 0 Å². The van der Waals surface area contributed by atoms with Crippen LogP contribution in [0.4, 0.5) is 0 Å². The lowest BCUT2D eigenvalue weighted by atomic mass is 10.1. The van der Waals surface area contributed by atoms with Crippen molar-refractivity contribution in [3.05, 3.63) is 65.7 Å². The molecule has 2 aromatic rings. The van der Waals surface area contributed by atoms with Gasteiger partial charge in [0.15, 0.2) is 17.3 Å². The summed E-state index contributed by atoms with van der Waals surface area (Å²) in [7, 11) is 1.48. The summed E-state index contributed by atoms with van der Waals surface area (Å²) in [6, 6.07) is 14.1. The zero-order chi connectivity index (χ0) is 13.7. The molecule has 3 heteroatoms. The van der Waals surface area contributed by atoms with Gasteiger partial charge in [0.1, 0.15) is 0 Å². The number of rotatable bonds is 4. The maximum Gasteiger partial charge on any atom is 0.185 e. The number of hydrogen-bond acceptors (Lipinski definition) is 3. The van der Waals surface area contributed by atoms with Crippen LogP contribution in [0.1, 0.15) is 15.9 Å². The van der Waals surface area contributed by atoms with E-state index in [1.165, 1.54) is 13.2 Å². The molecule has 0 heterocycles. The minimum Gasteiger partial charge on any atom is -0.504 e. The van der Waals surface area contributed by atoms with Crippen molar-refractivity contribution in [3.63, 3.8) is 0 Å². The zero-order valence-corrected chi connectivity index (χ0v) is 10.5. The molecule has 96 valence electrons. The highest BCUT2D eigenvalue weighted by Crippen LogP contribution is 2.30. The molecule has 0 atom stereocenters. The van der Waals surface area contributed by atoms with Gasteiger partial charge in [-0.2, -0.15) is 0 Å². The molecule has 0 amide bonds. The minimum absolute atomic E-state index is 0.0297. The van der Waals surface area contributed by atoms with E-state index in [4.69, 9.17) is 4.74 Å². The summed E-state index contributed by atoms with van der Waals surface area (Å²) in [4.78, 5) is 11.9. The number of carbonyl (C=O) groups excluding carboxylic acids is 1. The third-order valence-electron chi connectivity index (χ3n) is 2.72. The van der Waals surface area contributed by atoms with Crippen LogP contribution in [0.2, 0.25) is 0 Å². The van der Waals surface area contributed by atoms with Crippen LogP contribution in [-0.4, -0.2) is 18.0 Å². The van der Waals surface area contributed by atoms with Crippen molar-refractivity contribution in [3.8, 4) is 11.5 Å². The number of ether oxygens (including phenoxy) is 1. The Balaban J connectivity index is 2.22. The van der Waals surface area contributed by atoms with Crippen molar-refractivity contribution in [2.45, 2.75) is 0 Å². The van der Waals surface area contributed by atoms with Crippen molar-refractivity contribution in [1.29, 1.82) is 0 Å². The molecule has 19 heavy (non-hydrogen) atoms. The van der Waals surface area contributed by atoms with E-state index in [0.717, 1.165) is 0 Å². The van der Waals surface area contributed by atoms with E-state index in [1.54, 1.807) is 36.4 Å².